The zero-order valence-corrected chi connectivity index (χ0v) is 12.2. The summed E-state index contributed by atoms with van der Waals surface area (Å²) in [7, 11) is 0. The molecule has 20 heavy (non-hydrogen) atoms. The molecule has 0 aliphatic rings. The molecule has 0 saturated carbocycles. The van der Waals surface area contributed by atoms with Crippen molar-refractivity contribution in [2.24, 2.45) is 0 Å². The number of pyridine rings is 1. The van der Waals surface area contributed by atoms with E-state index in [0.29, 0.717) is 5.15 Å². The predicted molar refractivity (Wildman–Crippen MR) is 86.0 cm³/mol. The number of anilines is 2. The van der Waals surface area contributed by atoms with Crippen molar-refractivity contribution >= 4 is 33.9 Å². The fraction of sp³-hybridized carbons (Fsp3) is 0.118. The second kappa shape index (κ2) is 5.14. The van der Waals surface area contributed by atoms with Crippen molar-refractivity contribution in [2.75, 3.05) is 5.32 Å². The van der Waals surface area contributed by atoms with Crippen molar-refractivity contribution in [3.8, 4) is 0 Å². The van der Waals surface area contributed by atoms with Crippen LogP contribution in [0.25, 0.3) is 10.9 Å². The van der Waals surface area contributed by atoms with Crippen molar-refractivity contribution in [2.45, 2.75) is 13.8 Å². The van der Waals surface area contributed by atoms with E-state index in [4.69, 9.17) is 11.6 Å². The minimum atomic E-state index is 0.496. The monoisotopic (exact) mass is 282 g/mol. The summed E-state index contributed by atoms with van der Waals surface area (Å²) in [5, 5.41) is 4.99. The molecule has 0 spiro atoms. The summed E-state index contributed by atoms with van der Waals surface area (Å²) in [6.45, 7) is 4.15. The molecule has 0 aliphatic heterocycles. The molecular weight excluding hydrogens is 268 g/mol. The van der Waals surface area contributed by atoms with E-state index in [1.54, 1.807) is 0 Å². The third kappa shape index (κ3) is 2.61. The smallest absolute Gasteiger partial charge is 0.131 e. The van der Waals surface area contributed by atoms with Gasteiger partial charge in [0.2, 0.25) is 0 Å². The summed E-state index contributed by atoms with van der Waals surface area (Å²) in [4.78, 5) is 4.36. The first-order valence-corrected chi connectivity index (χ1v) is 6.90. The van der Waals surface area contributed by atoms with E-state index in [2.05, 4.69) is 54.5 Å². The summed E-state index contributed by atoms with van der Waals surface area (Å²) in [5.74, 6) is 0. The number of hydrogen-bond acceptors (Lipinski definition) is 2. The minimum absolute atomic E-state index is 0.496. The van der Waals surface area contributed by atoms with E-state index >= 15 is 0 Å². The first-order chi connectivity index (χ1) is 9.61. The van der Waals surface area contributed by atoms with Gasteiger partial charge in [-0.05, 0) is 44.2 Å². The molecular formula is C17H15ClN2. The average molecular weight is 283 g/mol. The third-order valence-electron chi connectivity index (χ3n) is 3.26. The second-order valence-corrected chi connectivity index (χ2v) is 5.39. The Morgan fingerprint density at radius 3 is 2.35 bits per heavy atom. The standard InChI is InChI=1S/C17H15ClN2/c1-11-3-6-13(7-4-11)19-16-10-17(18)20-15-8-5-12(2)9-14(15)16/h3-10H,1-2H3,(H,19,20). The molecule has 1 heterocycles. The lowest BCUT2D eigenvalue weighted by molar-refractivity contribution is 1.38. The number of fused-ring (bicyclic) bond motifs is 1. The molecule has 0 amide bonds. The highest BCUT2D eigenvalue weighted by Crippen LogP contribution is 2.29. The van der Waals surface area contributed by atoms with Gasteiger partial charge in [-0.15, -0.1) is 0 Å². The van der Waals surface area contributed by atoms with E-state index in [1.165, 1.54) is 11.1 Å². The first-order valence-electron chi connectivity index (χ1n) is 6.52. The molecule has 0 atom stereocenters. The highest BCUT2D eigenvalue weighted by atomic mass is 35.5. The number of halogens is 1. The fourth-order valence-corrected chi connectivity index (χ4v) is 2.40. The maximum Gasteiger partial charge on any atom is 0.131 e. The van der Waals surface area contributed by atoms with Gasteiger partial charge in [-0.3, -0.25) is 0 Å². The molecule has 2 aromatic carbocycles. The van der Waals surface area contributed by atoms with Crippen LogP contribution in [0.15, 0.2) is 48.5 Å². The second-order valence-electron chi connectivity index (χ2n) is 5.00. The van der Waals surface area contributed by atoms with Gasteiger partial charge >= 0.3 is 0 Å². The molecule has 1 N–H and O–H groups in total. The van der Waals surface area contributed by atoms with Gasteiger partial charge in [0.05, 0.1) is 11.2 Å². The number of nitrogens with zero attached hydrogens (tertiary/aromatic N) is 1. The summed E-state index contributed by atoms with van der Waals surface area (Å²) in [5.41, 5.74) is 5.36. The molecule has 0 aliphatic carbocycles. The highest BCUT2D eigenvalue weighted by molar-refractivity contribution is 6.30. The van der Waals surface area contributed by atoms with Crippen LogP contribution in [-0.4, -0.2) is 4.98 Å². The highest BCUT2D eigenvalue weighted by Gasteiger charge is 2.05. The third-order valence-corrected chi connectivity index (χ3v) is 3.46. The Labute approximate surface area is 123 Å². The maximum absolute atomic E-state index is 6.10. The number of rotatable bonds is 2. The van der Waals surface area contributed by atoms with Gasteiger partial charge in [-0.2, -0.15) is 0 Å². The molecule has 0 bridgehead atoms. The van der Waals surface area contributed by atoms with Gasteiger partial charge in [-0.1, -0.05) is 40.9 Å². The molecule has 0 fully saturated rings. The minimum Gasteiger partial charge on any atom is -0.355 e. The molecule has 0 unspecified atom stereocenters. The van der Waals surface area contributed by atoms with E-state index < -0.39 is 0 Å². The lowest BCUT2D eigenvalue weighted by Gasteiger charge is -2.11. The number of aromatic nitrogens is 1. The van der Waals surface area contributed by atoms with Crippen molar-refractivity contribution in [1.29, 1.82) is 0 Å². The predicted octanol–water partition coefficient (Wildman–Crippen LogP) is 5.25. The SMILES string of the molecule is Cc1ccc(Nc2cc(Cl)nc3ccc(C)cc23)cc1. The Morgan fingerprint density at radius 2 is 1.60 bits per heavy atom. The van der Waals surface area contributed by atoms with Crippen LogP contribution in [0, 0.1) is 13.8 Å². The Balaban J connectivity index is 2.10. The fourth-order valence-electron chi connectivity index (χ4n) is 2.20. The Hall–Kier alpha value is -2.06. The number of benzene rings is 2. The van der Waals surface area contributed by atoms with E-state index in [0.717, 1.165) is 22.3 Å². The number of nitrogens with one attached hydrogen (secondary N) is 1. The Kier molecular flexibility index (Phi) is 3.33. The van der Waals surface area contributed by atoms with Gasteiger partial charge in [0.15, 0.2) is 0 Å². The van der Waals surface area contributed by atoms with E-state index in [1.807, 2.05) is 18.2 Å². The van der Waals surface area contributed by atoms with Crippen molar-refractivity contribution in [3.63, 3.8) is 0 Å². The Morgan fingerprint density at radius 1 is 0.900 bits per heavy atom. The summed E-state index contributed by atoms with van der Waals surface area (Å²) >= 11 is 6.10. The largest absolute Gasteiger partial charge is 0.355 e. The molecule has 3 rings (SSSR count). The molecule has 1 aromatic heterocycles. The van der Waals surface area contributed by atoms with Crippen LogP contribution in [0.1, 0.15) is 11.1 Å². The molecule has 0 radical (unpaired) electrons. The quantitative estimate of drug-likeness (QED) is 0.650. The molecule has 2 nitrogen and oxygen atoms in total. The van der Waals surface area contributed by atoms with Gasteiger partial charge in [0, 0.05) is 11.1 Å². The van der Waals surface area contributed by atoms with Crippen LogP contribution in [0.2, 0.25) is 5.15 Å². The zero-order valence-electron chi connectivity index (χ0n) is 11.4. The summed E-state index contributed by atoms with van der Waals surface area (Å²) < 4.78 is 0. The topological polar surface area (TPSA) is 24.9 Å². The van der Waals surface area contributed by atoms with Crippen LogP contribution < -0.4 is 5.32 Å². The van der Waals surface area contributed by atoms with Crippen LogP contribution in [0.4, 0.5) is 11.4 Å². The van der Waals surface area contributed by atoms with Crippen LogP contribution in [0.5, 0.6) is 0 Å². The number of aryl methyl sites for hydroxylation is 2. The molecule has 0 saturated heterocycles. The van der Waals surface area contributed by atoms with Gasteiger partial charge in [-0.25, -0.2) is 4.98 Å². The molecule has 100 valence electrons. The molecule has 3 heteroatoms. The first kappa shape index (κ1) is 12.9. The average Bonchev–Trinajstić information content (AvgIpc) is 2.42. The van der Waals surface area contributed by atoms with E-state index in [9.17, 15) is 0 Å². The Bertz CT molecular complexity index is 764. The van der Waals surface area contributed by atoms with Crippen molar-refractivity contribution in [3.05, 3.63) is 64.8 Å². The van der Waals surface area contributed by atoms with Crippen LogP contribution in [-0.2, 0) is 0 Å². The van der Waals surface area contributed by atoms with Crippen molar-refractivity contribution < 1.29 is 0 Å². The van der Waals surface area contributed by atoms with Crippen LogP contribution >= 0.6 is 11.6 Å². The van der Waals surface area contributed by atoms with Crippen molar-refractivity contribution in [1.82, 2.24) is 4.98 Å². The summed E-state index contributed by atoms with van der Waals surface area (Å²) in [6.07, 6.45) is 0. The normalized spacial score (nSPS) is 10.8. The summed E-state index contributed by atoms with van der Waals surface area (Å²) in [6, 6.07) is 16.3. The van der Waals surface area contributed by atoms with Gasteiger partial charge in [0.25, 0.3) is 0 Å². The van der Waals surface area contributed by atoms with E-state index in [-0.39, 0.29) is 0 Å². The lowest BCUT2D eigenvalue weighted by atomic mass is 10.1. The maximum atomic E-state index is 6.10. The number of hydrogen-bond donors (Lipinski definition) is 1. The van der Waals surface area contributed by atoms with Gasteiger partial charge < -0.3 is 5.32 Å². The molecule has 3 aromatic rings. The van der Waals surface area contributed by atoms with Crippen LogP contribution in [0.3, 0.4) is 0 Å². The van der Waals surface area contributed by atoms with Gasteiger partial charge in [0.1, 0.15) is 5.15 Å². The lowest BCUT2D eigenvalue weighted by Crippen LogP contribution is -1.94. The zero-order chi connectivity index (χ0) is 14.1.